The minimum atomic E-state index is -1.83. The number of rotatable bonds is 6. The van der Waals surface area contributed by atoms with Gasteiger partial charge in [0, 0.05) is 0 Å². The van der Waals surface area contributed by atoms with Gasteiger partial charge in [-0.2, -0.15) is 0 Å². The Morgan fingerprint density at radius 2 is 0.386 bits per heavy atom. The average molecular weight is 1220 g/mol. The van der Waals surface area contributed by atoms with E-state index in [1.54, 1.807) is 0 Å². The quantitative estimate of drug-likeness (QED) is 0.121. The third-order valence-corrected chi connectivity index (χ3v) is 20.0. The second-order valence-electron chi connectivity index (χ2n) is 8.68. The zero-order chi connectivity index (χ0) is 27.8. The molecule has 0 aliphatic carbocycles. The third-order valence-electron chi connectivity index (χ3n) is 6.09. The van der Waals surface area contributed by atoms with Gasteiger partial charge < -0.3 is 76.7 Å². The van der Waals surface area contributed by atoms with E-state index in [2.05, 4.69) is 182 Å². The van der Waals surface area contributed by atoms with Crippen LogP contribution < -0.4 is 93.0 Å². The van der Waals surface area contributed by atoms with E-state index in [1.165, 1.54) is 21.1 Å². The molecule has 7 heteroatoms. The third kappa shape index (κ3) is 13.3. The van der Waals surface area contributed by atoms with Gasteiger partial charge in [0.1, 0.15) is 6.79 Å². The van der Waals surface area contributed by atoms with Crippen LogP contribution in [0.25, 0.3) is 0 Å². The molecule has 0 aliphatic rings. The van der Waals surface area contributed by atoms with Crippen LogP contribution in [0.3, 0.4) is 0 Å². The second kappa shape index (κ2) is 25.5. The number of halogens is 3. The maximum absolute atomic E-state index is 8.00. The molecule has 0 aromatic heterocycles. The van der Waals surface area contributed by atoms with E-state index in [-0.39, 0.29) is 91.4 Å². The molecule has 0 N–H and O–H groups in total. The maximum atomic E-state index is 8.00. The summed E-state index contributed by atoms with van der Waals surface area (Å²) in [7, 11) is 0. The number of carbonyl (C=O) groups is 1. The molecule has 6 aromatic rings. The molecule has 226 valence electrons. The monoisotopic (exact) mass is 1220 g/mol. The Kier molecular flexibility index (Phi) is 25.2. The van der Waals surface area contributed by atoms with Crippen molar-refractivity contribution in [3.8, 4) is 0 Å². The predicted molar refractivity (Wildman–Crippen MR) is 175 cm³/mol. The topological polar surface area (TPSA) is 17.1 Å². The van der Waals surface area contributed by atoms with Gasteiger partial charge in [-0.1, -0.05) is 0 Å². The molecule has 0 amide bonds. The first-order valence-electron chi connectivity index (χ1n) is 13.1. The molecule has 0 saturated heterocycles. The summed E-state index contributed by atoms with van der Waals surface area (Å²) in [6.07, 6.45) is 0. The van der Waals surface area contributed by atoms with Crippen LogP contribution in [0.2, 0.25) is 0 Å². The Hall–Kier alpha value is -0.560. The van der Waals surface area contributed by atoms with E-state index in [4.69, 9.17) is 4.79 Å². The molecular weight excluding hydrogens is 1190 g/mol. The van der Waals surface area contributed by atoms with Crippen LogP contribution in [0.5, 0.6) is 0 Å². The van der Waals surface area contributed by atoms with Crippen LogP contribution in [-0.4, -0.2) is 47.2 Å². The molecule has 0 saturated carbocycles. The van der Waals surface area contributed by atoms with Gasteiger partial charge in [0.05, 0.1) is 0 Å². The van der Waals surface area contributed by atoms with Crippen LogP contribution in [0.1, 0.15) is 0 Å². The Bertz CT molecular complexity index is 1210. The van der Waals surface area contributed by atoms with E-state index < -0.39 is 40.4 Å². The van der Waals surface area contributed by atoms with Crippen molar-refractivity contribution in [1.82, 2.24) is 0 Å². The number of hydrogen-bond acceptors (Lipinski definition) is 1. The van der Waals surface area contributed by atoms with Crippen LogP contribution in [0.15, 0.2) is 182 Å². The van der Waals surface area contributed by atoms with Crippen molar-refractivity contribution in [2.24, 2.45) is 0 Å². The summed E-state index contributed by atoms with van der Waals surface area (Å²) in [4.78, 5) is 8.00. The molecule has 0 bridgehead atoms. The van der Waals surface area contributed by atoms with Crippen molar-refractivity contribution < 1.29 is 96.2 Å². The number of hydrogen-bond donors (Lipinski definition) is 0. The summed E-state index contributed by atoms with van der Waals surface area (Å²) in [5.41, 5.74) is 0. The van der Waals surface area contributed by atoms with E-state index in [1.807, 2.05) is 6.79 Å². The fourth-order valence-corrected chi connectivity index (χ4v) is 17.5. The van der Waals surface area contributed by atoms with Crippen LogP contribution in [-0.2, 0) is 24.3 Å². The van der Waals surface area contributed by atoms with Crippen molar-refractivity contribution in [3.05, 3.63) is 182 Å². The summed E-state index contributed by atoms with van der Waals surface area (Å²) in [6.45, 7) is 2.00. The Labute approximate surface area is 341 Å². The SMILES string of the molecule is C=O.[I-].[I-].[I-].[Rh+3].c1cc[c]([Sb]([c]2ccccc2)[c]2ccccc2)cc1.c1cc[c]([Sb]([c]2ccccc2)[c]2ccccc2)cc1. The number of benzene rings is 6. The van der Waals surface area contributed by atoms with Gasteiger partial charge in [0.2, 0.25) is 0 Å². The molecular formula is C37H32I3ORhSb2. The molecule has 0 unspecified atom stereocenters. The molecule has 0 spiro atoms. The Balaban J connectivity index is 0.000000733. The molecule has 6 aromatic carbocycles. The van der Waals surface area contributed by atoms with Gasteiger partial charge in [-0.05, 0) is 0 Å². The predicted octanol–water partition coefficient (Wildman–Crippen LogP) is -4.77. The van der Waals surface area contributed by atoms with E-state index >= 15 is 0 Å². The zero-order valence-corrected chi connectivity index (χ0v) is 37.0. The summed E-state index contributed by atoms with van der Waals surface area (Å²) in [6, 6.07) is 65.8. The summed E-state index contributed by atoms with van der Waals surface area (Å²) in [5.74, 6) is 0. The van der Waals surface area contributed by atoms with Crippen molar-refractivity contribution in [2.45, 2.75) is 0 Å². The van der Waals surface area contributed by atoms with Gasteiger partial charge >= 0.3 is 263 Å². The Morgan fingerprint density at radius 3 is 0.500 bits per heavy atom. The molecule has 0 fully saturated rings. The average Bonchev–Trinajstić information content (AvgIpc) is 3.06. The minimum absolute atomic E-state index is 0. The van der Waals surface area contributed by atoms with Crippen molar-refractivity contribution in [1.29, 1.82) is 0 Å². The first kappa shape index (κ1) is 43.4. The fourth-order valence-electron chi connectivity index (χ4n) is 4.36. The van der Waals surface area contributed by atoms with Crippen LogP contribution >= 0.6 is 0 Å². The van der Waals surface area contributed by atoms with E-state index in [9.17, 15) is 0 Å². The molecule has 0 heterocycles. The molecule has 0 atom stereocenters. The van der Waals surface area contributed by atoms with Gasteiger partial charge in [-0.25, -0.2) is 0 Å². The summed E-state index contributed by atoms with van der Waals surface area (Å²) < 4.78 is 9.10. The van der Waals surface area contributed by atoms with E-state index in [0.29, 0.717) is 0 Å². The Morgan fingerprint density at radius 1 is 0.273 bits per heavy atom. The fraction of sp³-hybridized carbons (Fsp3) is 0. The first-order valence-corrected chi connectivity index (χ1v) is 20.8. The standard InChI is InChI=1S/6C6H5.CH2O.3HI.Rh.2Sb/c6*1-2-4-6-5-3-1;1-2;;;;;;/h6*1-5H;1H2;3*1H;;;/q;;;;;;;;;;+3;;/p-3. The van der Waals surface area contributed by atoms with Crippen molar-refractivity contribution >= 4 is 68.3 Å². The molecule has 44 heavy (non-hydrogen) atoms. The normalized spacial score (nSPS) is 9.23. The summed E-state index contributed by atoms with van der Waals surface area (Å²) in [5, 5.41) is 0. The molecule has 0 aliphatic heterocycles. The zero-order valence-electron chi connectivity index (χ0n) is 23.8. The van der Waals surface area contributed by atoms with Gasteiger partial charge in [0.25, 0.3) is 0 Å². The molecule has 0 radical (unpaired) electrons. The number of carbonyl (C=O) groups excluding carboxylic acids is 1. The second-order valence-corrected chi connectivity index (χ2v) is 21.4. The molecule has 6 rings (SSSR count). The van der Waals surface area contributed by atoms with Crippen molar-refractivity contribution in [3.63, 3.8) is 0 Å². The molecule has 1 nitrogen and oxygen atoms in total. The van der Waals surface area contributed by atoms with Crippen LogP contribution in [0, 0.1) is 0 Å². The van der Waals surface area contributed by atoms with Gasteiger partial charge in [-0.15, -0.1) is 0 Å². The van der Waals surface area contributed by atoms with Gasteiger partial charge in [-0.3, -0.25) is 0 Å². The van der Waals surface area contributed by atoms with E-state index in [0.717, 1.165) is 0 Å². The van der Waals surface area contributed by atoms with Crippen LogP contribution in [0.4, 0.5) is 0 Å². The first-order chi connectivity index (χ1) is 19.9. The van der Waals surface area contributed by atoms with Gasteiger partial charge in [0.15, 0.2) is 0 Å². The van der Waals surface area contributed by atoms with Crippen molar-refractivity contribution in [2.75, 3.05) is 0 Å². The summed E-state index contributed by atoms with van der Waals surface area (Å²) >= 11 is -3.65.